The Balaban J connectivity index is 1.67. The fraction of sp³-hybridized carbons (Fsp3) is 0.333. The van der Waals surface area contributed by atoms with Gasteiger partial charge in [-0.15, -0.1) is 0 Å². The van der Waals surface area contributed by atoms with E-state index >= 15 is 0 Å². The van der Waals surface area contributed by atoms with Gasteiger partial charge in [-0.05, 0) is 37.1 Å². The predicted octanol–water partition coefficient (Wildman–Crippen LogP) is 3.85. The van der Waals surface area contributed by atoms with E-state index in [0.29, 0.717) is 5.69 Å². The number of hydrogen-bond donors (Lipinski definition) is 1. The van der Waals surface area contributed by atoms with Crippen LogP contribution < -0.4 is 10.2 Å². The van der Waals surface area contributed by atoms with Crippen molar-refractivity contribution in [2.45, 2.75) is 25.7 Å². The third-order valence-corrected chi connectivity index (χ3v) is 4.05. The molecule has 1 saturated heterocycles. The van der Waals surface area contributed by atoms with E-state index in [0.717, 1.165) is 18.9 Å². The quantitative estimate of drug-likeness (QED) is 0.936. The van der Waals surface area contributed by atoms with E-state index in [4.69, 9.17) is 0 Å². The molecule has 0 atom stereocenters. The zero-order valence-corrected chi connectivity index (χ0v) is 13.0. The van der Waals surface area contributed by atoms with Crippen molar-refractivity contribution < 1.29 is 9.18 Å². The first-order valence-corrected chi connectivity index (χ1v) is 8.01. The Morgan fingerprint density at radius 2 is 1.78 bits per heavy atom. The van der Waals surface area contributed by atoms with Crippen molar-refractivity contribution in [1.82, 2.24) is 4.98 Å². The molecule has 0 saturated carbocycles. The molecule has 1 aromatic heterocycles. The Hall–Kier alpha value is -2.43. The Labute approximate surface area is 135 Å². The molecule has 5 heteroatoms. The summed E-state index contributed by atoms with van der Waals surface area (Å²) in [6, 6.07) is 9.65. The highest BCUT2D eigenvalue weighted by molar-refractivity contribution is 6.04. The van der Waals surface area contributed by atoms with Gasteiger partial charge in [0.2, 0.25) is 0 Å². The first kappa shape index (κ1) is 15.5. The molecule has 1 fully saturated rings. The average Bonchev–Trinajstić information content (AvgIpc) is 2.85. The van der Waals surface area contributed by atoms with Gasteiger partial charge in [0.1, 0.15) is 11.6 Å². The molecule has 23 heavy (non-hydrogen) atoms. The third kappa shape index (κ3) is 3.86. The Morgan fingerprint density at radius 3 is 2.43 bits per heavy atom. The summed E-state index contributed by atoms with van der Waals surface area (Å²) in [4.78, 5) is 18.8. The largest absolute Gasteiger partial charge is 0.357 e. The van der Waals surface area contributed by atoms with Crippen LogP contribution in [-0.2, 0) is 0 Å². The molecule has 2 aromatic rings. The van der Waals surface area contributed by atoms with Crippen LogP contribution >= 0.6 is 0 Å². The van der Waals surface area contributed by atoms with Crippen LogP contribution in [0.15, 0.2) is 42.6 Å². The van der Waals surface area contributed by atoms with Crippen LogP contribution in [0.1, 0.15) is 36.0 Å². The highest BCUT2D eigenvalue weighted by atomic mass is 19.1. The van der Waals surface area contributed by atoms with Gasteiger partial charge >= 0.3 is 0 Å². The van der Waals surface area contributed by atoms with Crippen LogP contribution in [0.2, 0.25) is 0 Å². The number of nitrogens with zero attached hydrogens (tertiary/aromatic N) is 2. The van der Waals surface area contributed by atoms with Crippen molar-refractivity contribution in [2.75, 3.05) is 23.3 Å². The molecule has 0 radical (unpaired) electrons. The molecule has 1 aromatic carbocycles. The summed E-state index contributed by atoms with van der Waals surface area (Å²) in [6.45, 7) is 2.04. The van der Waals surface area contributed by atoms with Gasteiger partial charge < -0.3 is 10.2 Å². The highest BCUT2D eigenvalue weighted by Crippen LogP contribution is 2.19. The lowest BCUT2D eigenvalue weighted by Gasteiger charge is -2.21. The summed E-state index contributed by atoms with van der Waals surface area (Å²) in [5.74, 6) is -0.0673. The van der Waals surface area contributed by atoms with Crippen molar-refractivity contribution in [1.29, 1.82) is 0 Å². The molecule has 1 aliphatic heterocycles. The molecule has 3 rings (SSSR count). The average molecular weight is 313 g/mol. The molecule has 4 nitrogen and oxygen atoms in total. The molecule has 120 valence electrons. The highest BCUT2D eigenvalue weighted by Gasteiger charge is 2.13. The number of rotatable bonds is 3. The van der Waals surface area contributed by atoms with Crippen molar-refractivity contribution in [3.8, 4) is 0 Å². The van der Waals surface area contributed by atoms with E-state index in [1.807, 2.05) is 12.1 Å². The zero-order chi connectivity index (χ0) is 16.1. The number of hydrogen-bond acceptors (Lipinski definition) is 3. The molecule has 1 N–H and O–H groups in total. The summed E-state index contributed by atoms with van der Waals surface area (Å²) in [5.41, 5.74) is 0.598. The maximum atomic E-state index is 13.6. The van der Waals surface area contributed by atoms with E-state index in [-0.39, 0.29) is 5.56 Å². The van der Waals surface area contributed by atoms with Gasteiger partial charge in [0.25, 0.3) is 5.91 Å². The second-order valence-corrected chi connectivity index (χ2v) is 5.74. The molecule has 1 amide bonds. The molecular formula is C18H20FN3O. The van der Waals surface area contributed by atoms with Crippen molar-refractivity contribution >= 4 is 17.4 Å². The predicted molar refractivity (Wildman–Crippen MR) is 89.3 cm³/mol. The van der Waals surface area contributed by atoms with E-state index < -0.39 is 11.7 Å². The molecule has 0 bridgehead atoms. The number of pyridine rings is 1. The summed E-state index contributed by atoms with van der Waals surface area (Å²) in [6.07, 6.45) is 6.54. The Morgan fingerprint density at radius 1 is 1.04 bits per heavy atom. The van der Waals surface area contributed by atoms with Crippen LogP contribution in [0.3, 0.4) is 0 Å². The normalized spacial score (nSPS) is 15.1. The number of carbonyl (C=O) groups is 1. The molecule has 2 heterocycles. The van der Waals surface area contributed by atoms with Gasteiger partial charge in [0.15, 0.2) is 0 Å². The van der Waals surface area contributed by atoms with Crippen LogP contribution in [0, 0.1) is 5.82 Å². The second kappa shape index (κ2) is 7.22. The Kier molecular flexibility index (Phi) is 4.86. The minimum absolute atomic E-state index is 0.0316. The molecule has 1 aliphatic rings. The zero-order valence-electron chi connectivity index (χ0n) is 13.0. The monoisotopic (exact) mass is 313 g/mol. The smallest absolute Gasteiger partial charge is 0.258 e. The standard InChI is InChI=1S/C18H20FN3O/c19-16-8-4-3-7-15(16)18(23)21-14-9-10-17(20-13-14)22-11-5-1-2-6-12-22/h3-4,7-10,13H,1-2,5-6,11-12H2,(H,21,23). The third-order valence-electron chi connectivity index (χ3n) is 4.05. The van der Waals surface area contributed by atoms with Gasteiger partial charge in [-0.1, -0.05) is 25.0 Å². The lowest BCUT2D eigenvalue weighted by molar-refractivity contribution is 0.102. The first-order chi connectivity index (χ1) is 11.2. The maximum Gasteiger partial charge on any atom is 0.258 e. The first-order valence-electron chi connectivity index (χ1n) is 8.01. The van der Waals surface area contributed by atoms with Gasteiger partial charge in [0, 0.05) is 13.1 Å². The maximum absolute atomic E-state index is 13.6. The van der Waals surface area contributed by atoms with E-state index in [2.05, 4.69) is 15.2 Å². The lowest BCUT2D eigenvalue weighted by atomic mass is 10.2. The lowest BCUT2D eigenvalue weighted by Crippen LogP contribution is -2.24. The fourth-order valence-electron chi connectivity index (χ4n) is 2.79. The minimum Gasteiger partial charge on any atom is -0.357 e. The molecule has 0 spiro atoms. The summed E-state index contributed by atoms with van der Waals surface area (Å²) >= 11 is 0. The van der Waals surface area contributed by atoms with E-state index in [1.54, 1.807) is 18.3 Å². The molecule has 0 aliphatic carbocycles. The summed E-state index contributed by atoms with van der Waals surface area (Å²) in [7, 11) is 0. The summed E-state index contributed by atoms with van der Waals surface area (Å²) < 4.78 is 13.6. The molecular weight excluding hydrogens is 293 g/mol. The molecule has 0 unspecified atom stereocenters. The van der Waals surface area contributed by atoms with E-state index in [9.17, 15) is 9.18 Å². The van der Waals surface area contributed by atoms with Crippen LogP contribution in [-0.4, -0.2) is 24.0 Å². The number of nitrogens with one attached hydrogen (secondary N) is 1. The van der Waals surface area contributed by atoms with Gasteiger partial charge in [0.05, 0.1) is 17.4 Å². The van der Waals surface area contributed by atoms with Gasteiger partial charge in [-0.25, -0.2) is 9.37 Å². The second-order valence-electron chi connectivity index (χ2n) is 5.74. The number of benzene rings is 1. The number of carbonyl (C=O) groups excluding carboxylic acids is 1. The van der Waals surface area contributed by atoms with Crippen molar-refractivity contribution in [2.24, 2.45) is 0 Å². The van der Waals surface area contributed by atoms with Crippen LogP contribution in [0.5, 0.6) is 0 Å². The number of halogens is 1. The number of amides is 1. The van der Waals surface area contributed by atoms with E-state index in [1.165, 1.54) is 37.8 Å². The Bertz CT molecular complexity index is 664. The minimum atomic E-state index is -0.529. The van der Waals surface area contributed by atoms with Gasteiger partial charge in [-0.3, -0.25) is 4.79 Å². The SMILES string of the molecule is O=C(Nc1ccc(N2CCCCCC2)nc1)c1ccccc1F. The number of anilines is 2. The van der Waals surface area contributed by atoms with Crippen LogP contribution in [0.4, 0.5) is 15.9 Å². The van der Waals surface area contributed by atoms with Crippen molar-refractivity contribution in [3.63, 3.8) is 0 Å². The fourth-order valence-corrected chi connectivity index (χ4v) is 2.79. The summed E-state index contributed by atoms with van der Waals surface area (Å²) in [5, 5.41) is 2.68. The van der Waals surface area contributed by atoms with Gasteiger partial charge in [-0.2, -0.15) is 0 Å². The number of aromatic nitrogens is 1. The van der Waals surface area contributed by atoms with Crippen LogP contribution in [0.25, 0.3) is 0 Å². The topological polar surface area (TPSA) is 45.2 Å². The van der Waals surface area contributed by atoms with Crippen molar-refractivity contribution in [3.05, 3.63) is 54.0 Å².